The third-order valence-electron chi connectivity index (χ3n) is 2.38. The van der Waals surface area contributed by atoms with Crippen LogP contribution < -0.4 is 10.6 Å². The topological polar surface area (TPSA) is 90.7 Å². The summed E-state index contributed by atoms with van der Waals surface area (Å²) in [5, 5.41) is 14.4. The molecule has 6 heteroatoms. The van der Waals surface area contributed by atoms with Gasteiger partial charge in [-0.15, -0.1) is 0 Å². The molecule has 1 amide bonds. The Morgan fingerprint density at radius 2 is 2.44 bits per heavy atom. The monoisotopic (exact) mass is 217 g/mol. The number of carbonyl (C=O) groups excluding carboxylic acids is 1. The molecule has 1 aromatic heterocycles. The van der Waals surface area contributed by atoms with Crippen LogP contribution in [0.1, 0.15) is 18.5 Å². The maximum atomic E-state index is 10.9. The average molecular weight is 217 g/mol. The molecule has 16 heavy (non-hydrogen) atoms. The fourth-order valence-electron chi connectivity index (χ4n) is 1.54. The van der Waals surface area contributed by atoms with Gasteiger partial charge >= 0.3 is 0 Å². The van der Waals surface area contributed by atoms with E-state index in [2.05, 4.69) is 20.6 Å². The number of amides is 1. The van der Waals surface area contributed by atoms with E-state index in [4.69, 9.17) is 5.26 Å². The number of anilines is 1. The summed E-state index contributed by atoms with van der Waals surface area (Å²) in [6.07, 6.45) is 4.35. The number of carbonyl (C=O) groups is 1. The van der Waals surface area contributed by atoms with E-state index in [1.54, 1.807) is 0 Å². The molecule has 0 radical (unpaired) electrons. The molecular formula is C10H11N5O. The molecule has 2 heterocycles. The third kappa shape index (κ3) is 2.45. The highest BCUT2D eigenvalue weighted by molar-refractivity contribution is 5.78. The van der Waals surface area contributed by atoms with Gasteiger partial charge in [-0.2, -0.15) is 5.26 Å². The molecule has 1 saturated heterocycles. The Labute approximate surface area is 92.7 Å². The average Bonchev–Trinajstić information content (AvgIpc) is 2.73. The number of nitrogens with zero attached hydrogens (tertiary/aromatic N) is 3. The van der Waals surface area contributed by atoms with Crippen molar-refractivity contribution in [2.24, 2.45) is 0 Å². The molecule has 2 rings (SSSR count). The lowest BCUT2D eigenvalue weighted by Gasteiger charge is -2.11. The van der Waals surface area contributed by atoms with Crippen molar-refractivity contribution in [3.63, 3.8) is 0 Å². The Morgan fingerprint density at radius 3 is 3.00 bits per heavy atom. The van der Waals surface area contributed by atoms with E-state index in [1.165, 1.54) is 12.4 Å². The first-order valence-electron chi connectivity index (χ1n) is 5.03. The molecule has 0 aromatic carbocycles. The van der Waals surface area contributed by atoms with Gasteiger partial charge in [0, 0.05) is 19.0 Å². The summed E-state index contributed by atoms with van der Waals surface area (Å²) in [6, 6.07) is 2.06. The fraction of sp³-hybridized carbons (Fsp3) is 0.400. The molecule has 2 N–H and O–H groups in total. The Kier molecular flexibility index (Phi) is 2.96. The maximum Gasteiger partial charge on any atom is 0.220 e. The van der Waals surface area contributed by atoms with Gasteiger partial charge in [-0.1, -0.05) is 0 Å². The third-order valence-corrected chi connectivity index (χ3v) is 2.38. The van der Waals surface area contributed by atoms with E-state index in [0.29, 0.717) is 24.5 Å². The Morgan fingerprint density at radius 1 is 1.56 bits per heavy atom. The summed E-state index contributed by atoms with van der Waals surface area (Å²) in [6.45, 7) is 0.631. The van der Waals surface area contributed by atoms with Crippen LogP contribution in [-0.4, -0.2) is 28.5 Å². The van der Waals surface area contributed by atoms with Gasteiger partial charge in [0.05, 0.1) is 12.4 Å². The molecule has 1 aromatic rings. The van der Waals surface area contributed by atoms with Crippen LogP contribution in [0.15, 0.2) is 12.4 Å². The van der Waals surface area contributed by atoms with Gasteiger partial charge < -0.3 is 10.6 Å². The molecule has 82 valence electrons. The number of hydrogen-bond donors (Lipinski definition) is 2. The second kappa shape index (κ2) is 4.57. The number of nitrogens with one attached hydrogen (secondary N) is 2. The van der Waals surface area contributed by atoms with Crippen LogP contribution in [0, 0.1) is 11.3 Å². The molecule has 6 nitrogen and oxygen atoms in total. The quantitative estimate of drug-likeness (QED) is 0.745. The van der Waals surface area contributed by atoms with Crippen LogP contribution in [0.5, 0.6) is 0 Å². The highest BCUT2D eigenvalue weighted by atomic mass is 16.1. The molecular weight excluding hydrogens is 206 g/mol. The van der Waals surface area contributed by atoms with E-state index in [0.717, 1.165) is 6.42 Å². The standard InChI is InChI=1S/C10H11N5O/c11-3-8-5-14-9(6-12-8)13-4-7-1-2-10(16)15-7/h5-7H,1-2,4H2,(H,13,14)(H,15,16). The lowest BCUT2D eigenvalue weighted by Crippen LogP contribution is -2.32. The second-order valence-electron chi connectivity index (χ2n) is 3.58. The smallest absolute Gasteiger partial charge is 0.220 e. The van der Waals surface area contributed by atoms with E-state index < -0.39 is 0 Å². The highest BCUT2D eigenvalue weighted by Crippen LogP contribution is 2.07. The first-order chi connectivity index (χ1) is 7.78. The molecule has 0 bridgehead atoms. The van der Waals surface area contributed by atoms with Crippen molar-refractivity contribution in [3.05, 3.63) is 18.1 Å². The minimum absolute atomic E-state index is 0.0951. The molecule has 1 aliphatic rings. The first kappa shape index (κ1) is 10.4. The fourth-order valence-corrected chi connectivity index (χ4v) is 1.54. The summed E-state index contributed by atoms with van der Waals surface area (Å²) in [4.78, 5) is 18.9. The lowest BCUT2D eigenvalue weighted by atomic mass is 10.2. The molecule has 1 aliphatic heterocycles. The van der Waals surface area contributed by atoms with Gasteiger partial charge in [-0.05, 0) is 6.42 Å². The maximum absolute atomic E-state index is 10.9. The van der Waals surface area contributed by atoms with Gasteiger partial charge in [0.15, 0.2) is 5.69 Å². The van der Waals surface area contributed by atoms with Crippen molar-refractivity contribution in [3.8, 4) is 6.07 Å². The molecule has 0 aliphatic carbocycles. The van der Waals surface area contributed by atoms with Crippen LogP contribution in [0.2, 0.25) is 0 Å². The van der Waals surface area contributed by atoms with E-state index in [9.17, 15) is 4.79 Å². The van der Waals surface area contributed by atoms with Crippen molar-refractivity contribution in [2.75, 3.05) is 11.9 Å². The van der Waals surface area contributed by atoms with Crippen molar-refractivity contribution < 1.29 is 4.79 Å². The van der Waals surface area contributed by atoms with Crippen molar-refractivity contribution in [2.45, 2.75) is 18.9 Å². The SMILES string of the molecule is N#Cc1cnc(NCC2CCC(=O)N2)cn1. The van der Waals surface area contributed by atoms with Crippen LogP contribution in [0.4, 0.5) is 5.82 Å². The molecule has 1 atom stereocenters. The Bertz CT molecular complexity index is 422. The van der Waals surface area contributed by atoms with E-state index >= 15 is 0 Å². The zero-order chi connectivity index (χ0) is 11.4. The normalized spacial score (nSPS) is 18.9. The summed E-state index contributed by atoms with van der Waals surface area (Å²) < 4.78 is 0. The van der Waals surface area contributed by atoms with Gasteiger partial charge in [0.2, 0.25) is 5.91 Å². The highest BCUT2D eigenvalue weighted by Gasteiger charge is 2.20. The number of nitriles is 1. The lowest BCUT2D eigenvalue weighted by molar-refractivity contribution is -0.119. The van der Waals surface area contributed by atoms with E-state index in [1.807, 2.05) is 6.07 Å². The Hall–Kier alpha value is -2.16. The summed E-state index contributed by atoms with van der Waals surface area (Å²) >= 11 is 0. The number of rotatable bonds is 3. The first-order valence-corrected chi connectivity index (χ1v) is 5.03. The summed E-state index contributed by atoms with van der Waals surface area (Å²) in [5.74, 6) is 0.706. The van der Waals surface area contributed by atoms with Gasteiger partial charge in [-0.25, -0.2) is 9.97 Å². The van der Waals surface area contributed by atoms with Crippen molar-refractivity contribution in [1.29, 1.82) is 5.26 Å². The number of aromatic nitrogens is 2. The van der Waals surface area contributed by atoms with Crippen LogP contribution in [-0.2, 0) is 4.79 Å². The minimum atomic E-state index is 0.0951. The largest absolute Gasteiger partial charge is 0.367 e. The molecule has 1 fully saturated rings. The predicted octanol–water partition coefficient (Wildman–Crippen LogP) is 0.0388. The Balaban J connectivity index is 1.85. The number of hydrogen-bond acceptors (Lipinski definition) is 5. The zero-order valence-electron chi connectivity index (χ0n) is 8.60. The van der Waals surface area contributed by atoms with Crippen LogP contribution in [0.3, 0.4) is 0 Å². The molecule has 1 unspecified atom stereocenters. The van der Waals surface area contributed by atoms with Crippen LogP contribution >= 0.6 is 0 Å². The molecule has 0 saturated carbocycles. The molecule has 0 spiro atoms. The zero-order valence-corrected chi connectivity index (χ0v) is 8.60. The van der Waals surface area contributed by atoms with Gasteiger partial charge in [-0.3, -0.25) is 4.79 Å². The predicted molar refractivity (Wildman–Crippen MR) is 56.4 cm³/mol. The van der Waals surface area contributed by atoms with E-state index in [-0.39, 0.29) is 11.9 Å². The van der Waals surface area contributed by atoms with Crippen molar-refractivity contribution >= 4 is 11.7 Å². The summed E-state index contributed by atoms with van der Waals surface area (Å²) in [5.41, 5.74) is 0.291. The van der Waals surface area contributed by atoms with Crippen LogP contribution in [0.25, 0.3) is 0 Å². The van der Waals surface area contributed by atoms with Gasteiger partial charge in [0.1, 0.15) is 11.9 Å². The van der Waals surface area contributed by atoms with Gasteiger partial charge in [0.25, 0.3) is 0 Å². The minimum Gasteiger partial charge on any atom is -0.367 e. The van der Waals surface area contributed by atoms with Crippen molar-refractivity contribution in [1.82, 2.24) is 15.3 Å². The summed E-state index contributed by atoms with van der Waals surface area (Å²) in [7, 11) is 0. The second-order valence-corrected chi connectivity index (χ2v) is 3.58.